The standard InChI is InChI=1S/C15H21O4.Rf/c1-4-15(2,3)14(17)19-11-6-8-5-9(11)10-7-18-13(16)12(8)10;/h8-11H,4-7H2,1-3H3;/q-1;. The third-order valence-electron chi connectivity index (χ3n) is 5.23. The summed E-state index contributed by atoms with van der Waals surface area (Å²) in [5.74, 6) is 1.52. The molecule has 5 heteroatoms. The van der Waals surface area contributed by atoms with Crippen LogP contribution in [0.2, 0.25) is 0 Å². The van der Waals surface area contributed by atoms with E-state index in [9.17, 15) is 9.59 Å². The van der Waals surface area contributed by atoms with Crippen molar-refractivity contribution in [3.05, 3.63) is 5.92 Å². The molecule has 4 nitrogen and oxygen atoms in total. The Morgan fingerprint density at radius 1 is 1.45 bits per heavy atom. The minimum absolute atomic E-state index is 0. The molecule has 1 aliphatic heterocycles. The third kappa shape index (κ3) is 1.81. The zero-order valence-corrected chi connectivity index (χ0v) is 18.9. The molecule has 3 aliphatic rings. The third-order valence-corrected chi connectivity index (χ3v) is 5.23. The first kappa shape index (κ1) is 14.2. The van der Waals surface area contributed by atoms with Crippen LogP contribution in [0.25, 0.3) is 0 Å². The molecule has 3 rings (SSSR count). The SMILES string of the molecule is CCC(C)(C)C(=O)OC1CC2CC1C1COC(=O)[C-]21.[Rf]. The van der Waals surface area contributed by atoms with Crippen LogP contribution in [0.3, 0.4) is 0 Å². The maximum absolute atomic E-state index is 12.2. The zero-order valence-electron chi connectivity index (χ0n) is 12.5. The Labute approximate surface area is 113 Å². The molecule has 2 bridgehead atoms. The Kier molecular flexibility index (Phi) is 3.15. The van der Waals surface area contributed by atoms with Gasteiger partial charge in [0.15, 0.2) is 5.97 Å². The van der Waals surface area contributed by atoms with Gasteiger partial charge in [-0.05, 0) is 32.6 Å². The van der Waals surface area contributed by atoms with Crippen molar-refractivity contribution in [1.29, 1.82) is 0 Å². The van der Waals surface area contributed by atoms with E-state index >= 15 is 0 Å². The van der Waals surface area contributed by atoms with Crippen LogP contribution in [-0.4, -0.2) is 24.6 Å². The number of hydrogen-bond donors (Lipinski definition) is 0. The molecule has 108 valence electrons. The van der Waals surface area contributed by atoms with E-state index in [1.165, 1.54) is 0 Å². The van der Waals surface area contributed by atoms with Gasteiger partial charge in [-0.15, -0.1) is 11.8 Å². The van der Waals surface area contributed by atoms with E-state index in [1.54, 1.807) is 0 Å². The minimum atomic E-state index is -0.420. The van der Waals surface area contributed by atoms with E-state index in [1.807, 2.05) is 20.8 Å². The molecule has 0 aromatic heterocycles. The van der Waals surface area contributed by atoms with Crippen LogP contribution in [0, 0.1) is 29.1 Å². The van der Waals surface area contributed by atoms with Gasteiger partial charge < -0.3 is 9.47 Å². The topological polar surface area (TPSA) is 52.6 Å². The molecule has 1 heterocycles. The predicted molar refractivity (Wildman–Crippen MR) is 67.9 cm³/mol. The number of carbonyl (C=O) groups excluding carboxylic acids is 2. The first-order valence-corrected chi connectivity index (χ1v) is 7.19. The molecular formula is C15H21O4Rf-. The van der Waals surface area contributed by atoms with E-state index < -0.39 is 5.41 Å². The second kappa shape index (κ2) is 4.43. The summed E-state index contributed by atoms with van der Waals surface area (Å²) in [4.78, 5) is 23.8. The summed E-state index contributed by atoms with van der Waals surface area (Å²) >= 11 is 0. The van der Waals surface area contributed by atoms with Crippen molar-refractivity contribution < 1.29 is 19.1 Å². The second-order valence-electron chi connectivity index (χ2n) is 6.67. The second-order valence-corrected chi connectivity index (χ2v) is 6.67. The summed E-state index contributed by atoms with van der Waals surface area (Å²) in [7, 11) is 0. The van der Waals surface area contributed by atoms with Crippen LogP contribution in [-0.2, 0) is 19.1 Å². The van der Waals surface area contributed by atoms with Crippen molar-refractivity contribution in [2.75, 3.05) is 6.61 Å². The molecule has 2 aliphatic carbocycles. The average molecular weight is 532 g/mol. The van der Waals surface area contributed by atoms with Gasteiger partial charge in [-0.25, -0.2) is 0 Å². The van der Waals surface area contributed by atoms with Gasteiger partial charge in [-0.3, -0.25) is 15.5 Å². The van der Waals surface area contributed by atoms with Crippen LogP contribution >= 0.6 is 0 Å². The smallest absolute Gasteiger partial charge is 0.311 e. The maximum atomic E-state index is 12.2. The molecule has 1 saturated heterocycles. The Hall–Kier alpha value is -2.19. The Morgan fingerprint density at radius 3 is 2.80 bits per heavy atom. The zero-order chi connectivity index (χ0) is 13.8. The first-order chi connectivity index (χ1) is 8.94. The molecule has 0 N–H and O–H groups in total. The van der Waals surface area contributed by atoms with Crippen molar-refractivity contribution in [1.82, 2.24) is 0 Å². The number of cyclic esters (lactones) is 1. The molecule has 0 amide bonds. The van der Waals surface area contributed by atoms with Crippen LogP contribution in [0.15, 0.2) is 0 Å². The Morgan fingerprint density at radius 2 is 2.15 bits per heavy atom. The summed E-state index contributed by atoms with van der Waals surface area (Å²) in [5.41, 5.74) is -0.420. The van der Waals surface area contributed by atoms with Crippen molar-refractivity contribution in [2.24, 2.45) is 23.2 Å². The molecule has 0 radical (unpaired) electrons. The molecule has 4 unspecified atom stereocenters. The van der Waals surface area contributed by atoms with Gasteiger partial charge in [0.1, 0.15) is 6.10 Å². The average Bonchev–Trinajstić information content (AvgIpc) is 3.02. The van der Waals surface area contributed by atoms with E-state index in [0.717, 1.165) is 25.2 Å². The van der Waals surface area contributed by atoms with Gasteiger partial charge >= 0.3 is 5.97 Å². The van der Waals surface area contributed by atoms with Gasteiger partial charge in [0.2, 0.25) is 0 Å². The number of hydrogen-bond acceptors (Lipinski definition) is 4. The molecule has 0 aromatic rings. The molecule has 4 atom stereocenters. The first-order valence-electron chi connectivity index (χ1n) is 7.19. The van der Waals surface area contributed by atoms with Gasteiger partial charge in [0, 0.05) is 0 Å². The number of fused-ring (bicyclic) bond motifs is 5. The van der Waals surface area contributed by atoms with E-state index in [2.05, 4.69) is 0 Å². The summed E-state index contributed by atoms with van der Waals surface area (Å²) in [6.45, 7) is 6.32. The van der Waals surface area contributed by atoms with Crippen LogP contribution in [0.1, 0.15) is 40.0 Å². The van der Waals surface area contributed by atoms with Crippen LogP contribution in [0.5, 0.6) is 0 Å². The van der Waals surface area contributed by atoms with Gasteiger partial charge in [-0.2, -0.15) is 0 Å². The van der Waals surface area contributed by atoms with Gasteiger partial charge in [0.25, 0.3) is 0 Å². The molecule has 3 fully saturated rings. The summed E-state index contributed by atoms with van der Waals surface area (Å²) in [6.07, 6.45) is 2.54. The fourth-order valence-corrected chi connectivity index (χ4v) is 3.60. The normalized spacial score (nSPS) is 34.5. The number of carbonyl (C=O) groups is 2. The Balaban J connectivity index is 0.00000147. The van der Waals surface area contributed by atoms with E-state index in [4.69, 9.17) is 9.47 Å². The van der Waals surface area contributed by atoms with Gasteiger partial charge in [-0.1, -0.05) is 13.3 Å². The number of ether oxygens (including phenoxy) is 2. The fourth-order valence-electron chi connectivity index (χ4n) is 3.60. The number of rotatable bonds is 3. The van der Waals surface area contributed by atoms with Crippen molar-refractivity contribution in [3.63, 3.8) is 0 Å². The Bertz CT molecular complexity index is 420. The molecule has 0 spiro atoms. The molecule has 0 aromatic carbocycles. The quantitative estimate of drug-likeness (QED) is 0.413. The largest absolute Gasteiger partial charge is 0.490 e. The van der Waals surface area contributed by atoms with E-state index in [-0.39, 0.29) is 29.9 Å². The molecule has 2 saturated carbocycles. The van der Waals surface area contributed by atoms with Crippen molar-refractivity contribution in [2.45, 2.75) is 46.1 Å². The summed E-state index contributed by atoms with van der Waals surface area (Å²) < 4.78 is 10.9. The van der Waals surface area contributed by atoms with Crippen LogP contribution in [0.4, 0.5) is 0 Å². The predicted octanol–water partition coefficient (Wildman–Crippen LogP) is 2.12. The molecular weight excluding hydrogens is 511 g/mol. The number of esters is 2. The maximum Gasteiger partial charge on any atom is 0.311 e. The minimum Gasteiger partial charge on any atom is -0.490 e. The monoisotopic (exact) mass is 532 g/mol. The summed E-state index contributed by atoms with van der Waals surface area (Å²) in [5, 5.41) is 0. The fraction of sp³-hybridized carbons (Fsp3) is 0.800. The van der Waals surface area contributed by atoms with Crippen LogP contribution < -0.4 is 0 Å². The van der Waals surface area contributed by atoms with E-state index in [0.29, 0.717) is 12.5 Å². The molecule has 20 heavy (non-hydrogen) atoms. The summed E-state index contributed by atoms with van der Waals surface area (Å²) in [6, 6.07) is 0. The van der Waals surface area contributed by atoms with Crippen molar-refractivity contribution >= 4 is 11.9 Å². The van der Waals surface area contributed by atoms with Gasteiger partial charge in [0.05, 0.1) is 12.0 Å². The van der Waals surface area contributed by atoms with Crippen molar-refractivity contribution in [3.8, 4) is 0 Å².